The van der Waals surface area contributed by atoms with Crippen LogP contribution < -0.4 is 19.1 Å². The first kappa shape index (κ1) is 23.3. The molecule has 0 heterocycles. The minimum Gasteiger partial charge on any atom is -0.497 e. The van der Waals surface area contributed by atoms with E-state index in [0.29, 0.717) is 22.7 Å². The fourth-order valence-corrected chi connectivity index (χ4v) is 4.11. The SMILES string of the molecule is COc1cccc(N(C)C(=O)COc2ccc(S(=O)(=O)NCc3ccccc3)cc2C)c1. The molecule has 8 heteroatoms. The van der Waals surface area contributed by atoms with Crippen LogP contribution in [0.15, 0.2) is 77.7 Å². The number of nitrogens with one attached hydrogen (secondary N) is 1. The highest BCUT2D eigenvalue weighted by Crippen LogP contribution is 2.23. The third-order valence-corrected chi connectivity index (χ3v) is 6.33. The first-order chi connectivity index (χ1) is 15.3. The zero-order chi connectivity index (χ0) is 23.1. The molecule has 32 heavy (non-hydrogen) atoms. The Balaban J connectivity index is 1.62. The largest absolute Gasteiger partial charge is 0.497 e. The maximum atomic E-state index is 12.6. The lowest BCUT2D eigenvalue weighted by molar-refractivity contribution is -0.120. The van der Waals surface area contributed by atoms with Crippen LogP contribution >= 0.6 is 0 Å². The maximum Gasteiger partial charge on any atom is 0.264 e. The van der Waals surface area contributed by atoms with E-state index in [4.69, 9.17) is 9.47 Å². The van der Waals surface area contributed by atoms with Gasteiger partial charge in [-0.05, 0) is 48.4 Å². The number of rotatable bonds is 9. The Hall–Kier alpha value is -3.36. The molecule has 0 aliphatic rings. The van der Waals surface area contributed by atoms with Crippen molar-refractivity contribution < 1.29 is 22.7 Å². The third-order valence-electron chi connectivity index (χ3n) is 4.93. The van der Waals surface area contributed by atoms with Gasteiger partial charge in [0.05, 0.1) is 12.0 Å². The molecule has 0 saturated heterocycles. The summed E-state index contributed by atoms with van der Waals surface area (Å²) < 4.78 is 38.7. The summed E-state index contributed by atoms with van der Waals surface area (Å²) in [5, 5.41) is 0. The van der Waals surface area contributed by atoms with Gasteiger partial charge in [-0.2, -0.15) is 0 Å². The van der Waals surface area contributed by atoms with E-state index in [1.807, 2.05) is 30.3 Å². The number of hydrogen-bond donors (Lipinski definition) is 1. The van der Waals surface area contributed by atoms with Gasteiger partial charge in [0.1, 0.15) is 11.5 Å². The highest BCUT2D eigenvalue weighted by molar-refractivity contribution is 7.89. The Morgan fingerprint density at radius 1 is 1.00 bits per heavy atom. The Morgan fingerprint density at radius 2 is 1.75 bits per heavy atom. The topological polar surface area (TPSA) is 84.9 Å². The van der Waals surface area contributed by atoms with Gasteiger partial charge in [-0.25, -0.2) is 13.1 Å². The lowest BCUT2D eigenvalue weighted by Gasteiger charge is -2.19. The van der Waals surface area contributed by atoms with Gasteiger partial charge in [-0.15, -0.1) is 0 Å². The first-order valence-corrected chi connectivity index (χ1v) is 11.5. The summed E-state index contributed by atoms with van der Waals surface area (Å²) in [6.07, 6.45) is 0. The predicted octanol–water partition coefficient (Wildman–Crippen LogP) is 3.52. The lowest BCUT2D eigenvalue weighted by atomic mass is 10.2. The second kappa shape index (κ2) is 10.3. The number of aryl methyl sites for hydroxylation is 1. The molecule has 1 N–H and O–H groups in total. The molecule has 3 rings (SSSR count). The highest BCUT2D eigenvalue weighted by atomic mass is 32.2. The number of hydrogen-bond acceptors (Lipinski definition) is 5. The molecular formula is C24H26N2O5S. The second-order valence-electron chi connectivity index (χ2n) is 7.18. The minimum absolute atomic E-state index is 0.137. The quantitative estimate of drug-likeness (QED) is 0.535. The van der Waals surface area contributed by atoms with Crippen molar-refractivity contribution in [1.82, 2.24) is 4.72 Å². The molecule has 0 fully saturated rings. The number of carbonyl (C=O) groups is 1. The number of methoxy groups -OCH3 is 1. The summed E-state index contributed by atoms with van der Waals surface area (Å²) in [6.45, 7) is 1.75. The summed E-state index contributed by atoms with van der Waals surface area (Å²) >= 11 is 0. The first-order valence-electron chi connectivity index (χ1n) is 9.98. The van der Waals surface area contributed by atoms with Gasteiger partial charge in [0.15, 0.2) is 6.61 Å². The van der Waals surface area contributed by atoms with Crippen molar-refractivity contribution in [3.05, 3.63) is 83.9 Å². The molecule has 3 aromatic carbocycles. The lowest BCUT2D eigenvalue weighted by Crippen LogP contribution is -2.31. The van der Waals surface area contributed by atoms with Gasteiger partial charge in [0, 0.05) is 25.3 Å². The van der Waals surface area contributed by atoms with Crippen molar-refractivity contribution in [2.75, 3.05) is 25.7 Å². The van der Waals surface area contributed by atoms with Gasteiger partial charge in [0.25, 0.3) is 5.91 Å². The molecule has 168 valence electrons. The van der Waals surface area contributed by atoms with Crippen molar-refractivity contribution in [3.63, 3.8) is 0 Å². The average Bonchev–Trinajstić information content (AvgIpc) is 2.82. The van der Waals surface area contributed by atoms with Crippen LogP contribution in [0.2, 0.25) is 0 Å². The van der Waals surface area contributed by atoms with E-state index in [1.165, 1.54) is 17.0 Å². The van der Waals surface area contributed by atoms with Gasteiger partial charge < -0.3 is 14.4 Å². The van der Waals surface area contributed by atoms with Gasteiger partial charge >= 0.3 is 0 Å². The fraction of sp³-hybridized carbons (Fsp3) is 0.208. The second-order valence-corrected chi connectivity index (χ2v) is 8.95. The van der Waals surface area contributed by atoms with E-state index in [1.54, 1.807) is 51.4 Å². The van der Waals surface area contributed by atoms with E-state index in [-0.39, 0.29) is 24.0 Å². The van der Waals surface area contributed by atoms with E-state index >= 15 is 0 Å². The van der Waals surface area contributed by atoms with Crippen molar-refractivity contribution in [1.29, 1.82) is 0 Å². The average molecular weight is 455 g/mol. The van der Waals surface area contributed by atoms with Crippen LogP contribution in [0.4, 0.5) is 5.69 Å². The number of nitrogens with zero attached hydrogens (tertiary/aromatic N) is 1. The number of carbonyl (C=O) groups excluding carboxylic acids is 1. The molecule has 0 bridgehead atoms. The smallest absolute Gasteiger partial charge is 0.264 e. The van der Waals surface area contributed by atoms with Crippen LogP contribution in [-0.2, 0) is 21.4 Å². The molecule has 0 saturated carbocycles. The van der Waals surface area contributed by atoms with Crippen LogP contribution in [0.5, 0.6) is 11.5 Å². The number of likely N-dealkylation sites (N-methyl/N-ethyl adjacent to an activating group) is 1. The minimum atomic E-state index is -3.68. The van der Waals surface area contributed by atoms with Crippen molar-refractivity contribution in [2.45, 2.75) is 18.4 Å². The molecule has 7 nitrogen and oxygen atoms in total. The van der Waals surface area contributed by atoms with Crippen LogP contribution in [0.3, 0.4) is 0 Å². The molecule has 0 aromatic heterocycles. The molecule has 3 aromatic rings. The van der Waals surface area contributed by atoms with E-state index in [0.717, 1.165) is 5.56 Å². The molecule has 1 amide bonds. The number of sulfonamides is 1. The summed E-state index contributed by atoms with van der Waals surface area (Å²) in [7, 11) is -0.460. The molecule has 0 atom stereocenters. The predicted molar refractivity (Wildman–Crippen MR) is 124 cm³/mol. The van der Waals surface area contributed by atoms with Gasteiger partial charge in [0.2, 0.25) is 10.0 Å². The summed E-state index contributed by atoms with van der Waals surface area (Å²) in [5.41, 5.74) is 2.16. The zero-order valence-electron chi connectivity index (χ0n) is 18.2. The number of benzene rings is 3. The van der Waals surface area contributed by atoms with Crippen molar-refractivity contribution >= 4 is 21.6 Å². The van der Waals surface area contributed by atoms with E-state index < -0.39 is 10.0 Å². The standard InChI is InChI=1S/C24H26N2O5S/c1-18-14-22(32(28,29)25-16-19-8-5-4-6-9-19)12-13-23(18)31-17-24(27)26(2)20-10-7-11-21(15-20)30-3/h4-15,25H,16-17H2,1-3H3. The summed E-state index contributed by atoms with van der Waals surface area (Å²) in [6, 6.07) is 21.0. The van der Waals surface area contributed by atoms with Crippen LogP contribution in [0.25, 0.3) is 0 Å². The van der Waals surface area contributed by atoms with E-state index in [9.17, 15) is 13.2 Å². The van der Waals surface area contributed by atoms with Crippen LogP contribution in [0, 0.1) is 6.92 Å². The van der Waals surface area contributed by atoms with Crippen molar-refractivity contribution in [3.8, 4) is 11.5 Å². The Kier molecular flexibility index (Phi) is 7.50. The fourth-order valence-electron chi connectivity index (χ4n) is 3.01. The highest BCUT2D eigenvalue weighted by Gasteiger charge is 2.17. The number of ether oxygens (including phenoxy) is 2. The maximum absolute atomic E-state index is 12.6. The van der Waals surface area contributed by atoms with Crippen molar-refractivity contribution in [2.24, 2.45) is 0 Å². The Labute approximate surface area is 188 Å². The number of amides is 1. The third kappa shape index (κ3) is 5.87. The monoisotopic (exact) mass is 454 g/mol. The van der Waals surface area contributed by atoms with E-state index in [2.05, 4.69) is 4.72 Å². The summed E-state index contributed by atoms with van der Waals surface area (Å²) in [5.74, 6) is 0.842. The molecule has 0 radical (unpaired) electrons. The molecule has 0 unspecified atom stereocenters. The normalized spacial score (nSPS) is 11.1. The number of anilines is 1. The van der Waals surface area contributed by atoms with Gasteiger partial charge in [-0.1, -0.05) is 36.4 Å². The van der Waals surface area contributed by atoms with Crippen LogP contribution in [-0.4, -0.2) is 35.1 Å². The Bertz CT molecular complexity index is 1180. The summed E-state index contributed by atoms with van der Waals surface area (Å²) in [4.78, 5) is 14.1. The molecular weight excluding hydrogens is 428 g/mol. The molecule has 0 aliphatic heterocycles. The van der Waals surface area contributed by atoms with Crippen LogP contribution in [0.1, 0.15) is 11.1 Å². The zero-order valence-corrected chi connectivity index (χ0v) is 19.1. The molecule has 0 aliphatic carbocycles. The Morgan fingerprint density at radius 3 is 2.44 bits per heavy atom. The molecule has 0 spiro atoms. The van der Waals surface area contributed by atoms with Gasteiger partial charge in [-0.3, -0.25) is 4.79 Å².